The standard InChI is InChI=1S/C12H17N/c1-9-5-7-10(2)12(4)13-11(3)8-6-9/h5-6,8,10H,4,7H2,1-3H3/b8-6-,9-5-,13-11+. The maximum atomic E-state index is 4.41. The summed E-state index contributed by atoms with van der Waals surface area (Å²) in [6, 6.07) is 0. The fourth-order valence-corrected chi connectivity index (χ4v) is 1.19. The van der Waals surface area contributed by atoms with Crippen LogP contribution in [0.25, 0.3) is 0 Å². The molecule has 1 unspecified atom stereocenters. The van der Waals surface area contributed by atoms with Crippen LogP contribution in [-0.4, -0.2) is 5.71 Å². The second kappa shape index (κ2) is 4.22. The van der Waals surface area contributed by atoms with Gasteiger partial charge in [0.15, 0.2) is 0 Å². The van der Waals surface area contributed by atoms with Crippen molar-refractivity contribution in [3.63, 3.8) is 0 Å². The van der Waals surface area contributed by atoms with Gasteiger partial charge in [-0.15, -0.1) is 0 Å². The lowest BCUT2D eigenvalue weighted by molar-refractivity contribution is 0.688. The average molecular weight is 175 g/mol. The molecular formula is C12H17N. The molecule has 0 saturated carbocycles. The van der Waals surface area contributed by atoms with Gasteiger partial charge in [-0.2, -0.15) is 0 Å². The van der Waals surface area contributed by atoms with Gasteiger partial charge in [0.25, 0.3) is 0 Å². The molecule has 0 saturated heterocycles. The van der Waals surface area contributed by atoms with Crippen LogP contribution in [0, 0.1) is 5.92 Å². The highest BCUT2D eigenvalue weighted by molar-refractivity contribution is 5.93. The second-order valence-electron chi connectivity index (χ2n) is 3.66. The summed E-state index contributed by atoms with van der Waals surface area (Å²) in [5, 5.41) is 0. The van der Waals surface area contributed by atoms with E-state index in [1.54, 1.807) is 0 Å². The van der Waals surface area contributed by atoms with Crippen molar-refractivity contribution in [2.75, 3.05) is 0 Å². The maximum Gasteiger partial charge on any atom is 0.0375 e. The summed E-state index contributed by atoms with van der Waals surface area (Å²) in [4.78, 5) is 4.41. The third-order valence-electron chi connectivity index (χ3n) is 2.27. The third kappa shape index (κ3) is 3.02. The van der Waals surface area contributed by atoms with Crippen LogP contribution >= 0.6 is 0 Å². The molecule has 0 aromatic carbocycles. The molecule has 0 aliphatic carbocycles. The Hall–Kier alpha value is -1.11. The Bertz CT molecular complexity index is 292. The molecule has 0 radical (unpaired) electrons. The van der Waals surface area contributed by atoms with Gasteiger partial charge in [-0.1, -0.05) is 31.2 Å². The van der Waals surface area contributed by atoms with Gasteiger partial charge < -0.3 is 0 Å². The van der Waals surface area contributed by atoms with Crippen LogP contribution in [0.15, 0.2) is 41.1 Å². The summed E-state index contributed by atoms with van der Waals surface area (Å²) in [6.07, 6.45) is 7.41. The van der Waals surface area contributed by atoms with Gasteiger partial charge >= 0.3 is 0 Å². The second-order valence-corrected chi connectivity index (χ2v) is 3.66. The molecule has 70 valence electrons. The molecule has 0 fully saturated rings. The van der Waals surface area contributed by atoms with Gasteiger partial charge in [-0.25, -0.2) is 0 Å². The first-order valence-electron chi connectivity index (χ1n) is 4.68. The summed E-state index contributed by atoms with van der Waals surface area (Å²) in [7, 11) is 0. The molecule has 1 aliphatic rings. The maximum absolute atomic E-state index is 4.41. The number of aliphatic imine (C=N–C) groups is 1. The monoisotopic (exact) mass is 175 g/mol. The zero-order chi connectivity index (χ0) is 9.84. The molecule has 1 atom stereocenters. The summed E-state index contributed by atoms with van der Waals surface area (Å²) in [5.41, 5.74) is 3.32. The summed E-state index contributed by atoms with van der Waals surface area (Å²) in [5.74, 6) is 0.449. The fourth-order valence-electron chi connectivity index (χ4n) is 1.19. The molecular weight excluding hydrogens is 158 g/mol. The predicted octanol–water partition coefficient (Wildman–Crippen LogP) is 3.50. The fraction of sp³-hybridized carbons (Fsp3) is 0.417. The van der Waals surface area contributed by atoms with E-state index < -0.39 is 0 Å². The van der Waals surface area contributed by atoms with Crippen LogP contribution in [0.2, 0.25) is 0 Å². The number of nitrogens with zero attached hydrogens (tertiary/aromatic N) is 1. The van der Waals surface area contributed by atoms with Crippen LogP contribution in [0.5, 0.6) is 0 Å². The predicted molar refractivity (Wildman–Crippen MR) is 58.9 cm³/mol. The van der Waals surface area contributed by atoms with E-state index in [1.807, 2.05) is 13.0 Å². The van der Waals surface area contributed by atoms with Crippen molar-refractivity contribution >= 4 is 5.71 Å². The number of allylic oxidation sites excluding steroid dienone is 5. The van der Waals surface area contributed by atoms with Crippen LogP contribution < -0.4 is 0 Å². The summed E-state index contributed by atoms with van der Waals surface area (Å²) < 4.78 is 0. The van der Waals surface area contributed by atoms with Gasteiger partial charge in [-0.05, 0) is 26.3 Å². The number of rotatable bonds is 0. The summed E-state index contributed by atoms with van der Waals surface area (Å²) >= 11 is 0. The molecule has 0 amide bonds. The van der Waals surface area contributed by atoms with E-state index in [0.29, 0.717) is 5.92 Å². The average Bonchev–Trinajstić information content (AvgIpc) is 2.13. The van der Waals surface area contributed by atoms with E-state index in [0.717, 1.165) is 17.8 Å². The van der Waals surface area contributed by atoms with Crippen molar-refractivity contribution < 1.29 is 0 Å². The zero-order valence-electron chi connectivity index (χ0n) is 8.67. The first-order chi connectivity index (χ1) is 6.09. The first kappa shape index (κ1) is 9.97. The van der Waals surface area contributed by atoms with E-state index in [2.05, 4.69) is 37.6 Å². The van der Waals surface area contributed by atoms with Gasteiger partial charge in [-0.3, -0.25) is 4.99 Å². The first-order valence-corrected chi connectivity index (χ1v) is 4.68. The molecule has 0 spiro atoms. The number of hydrogen-bond donors (Lipinski definition) is 0. The van der Waals surface area contributed by atoms with E-state index >= 15 is 0 Å². The van der Waals surface area contributed by atoms with Crippen LogP contribution in [0.3, 0.4) is 0 Å². The lowest BCUT2D eigenvalue weighted by Gasteiger charge is -2.07. The highest BCUT2D eigenvalue weighted by Gasteiger charge is 2.05. The molecule has 1 heteroatoms. The van der Waals surface area contributed by atoms with Crippen molar-refractivity contribution in [2.24, 2.45) is 10.9 Å². The summed E-state index contributed by atoms with van der Waals surface area (Å²) in [6.45, 7) is 10.2. The Morgan fingerprint density at radius 2 is 2.08 bits per heavy atom. The van der Waals surface area contributed by atoms with Crippen molar-refractivity contribution in [1.29, 1.82) is 0 Å². The molecule has 1 rings (SSSR count). The van der Waals surface area contributed by atoms with Crippen molar-refractivity contribution in [3.8, 4) is 0 Å². The van der Waals surface area contributed by atoms with Gasteiger partial charge in [0, 0.05) is 17.3 Å². The molecule has 13 heavy (non-hydrogen) atoms. The van der Waals surface area contributed by atoms with Crippen LogP contribution in [0.4, 0.5) is 0 Å². The topological polar surface area (TPSA) is 12.4 Å². The molecule has 0 bridgehead atoms. The Morgan fingerprint density at radius 3 is 2.77 bits per heavy atom. The van der Waals surface area contributed by atoms with Gasteiger partial charge in [0.05, 0.1) is 0 Å². The molecule has 0 aromatic heterocycles. The Morgan fingerprint density at radius 1 is 1.38 bits per heavy atom. The molecule has 0 N–H and O–H groups in total. The molecule has 0 aromatic rings. The lowest BCUT2D eigenvalue weighted by Crippen LogP contribution is -1.96. The highest BCUT2D eigenvalue weighted by atomic mass is 14.8. The van der Waals surface area contributed by atoms with Crippen molar-refractivity contribution in [1.82, 2.24) is 0 Å². The van der Waals surface area contributed by atoms with E-state index in [4.69, 9.17) is 0 Å². The minimum absolute atomic E-state index is 0.449. The van der Waals surface area contributed by atoms with E-state index in [-0.39, 0.29) is 0 Å². The number of hydrogen-bond acceptors (Lipinski definition) is 1. The van der Waals surface area contributed by atoms with E-state index in [1.165, 1.54) is 5.57 Å². The van der Waals surface area contributed by atoms with Crippen LogP contribution in [-0.2, 0) is 0 Å². The van der Waals surface area contributed by atoms with Crippen LogP contribution in [0.1, 0.15) is 27.2 Å². The van der Waals surface area contributed by atoms with Crippen molar-refractivity contribution in [3.05, 3.63) is 36.1 Å². The molecule has 1 heterocycles. The molecule has 1 aliphatic heterocycles. The quantitative estimate of drug-likeness (QED) is 0.534. The van der Waals surface area contributed by atoms with Gasteiger partial charge in [0.1, 0.15) is 0 Å². The molecule has 1 nitrogen and oxygen atoms in total. The van der Waals surface area contributed by atoms with Gasteiger partial charge in [0.2, 0.25) is 0 Å². The van der Waals surface area contributed by atoms with E-state index in [9.17, 15) is 0 Å². The minimum atomic E-state index is 0.449. The Kier molecular flexibility index (Phi) is 3.24. The third-order valence-corrected chi connectivity index (χ3v) is 2.27. The SMILES string of the molecule is C=C1/N=C(C)/C=C\C(C)=C/CC1C. The van der Waals surface area contributed by atoms with Crippen molar-refractivity contribution in [2.45, 2.75) is 27.2 Å². The highest BCUT2D eigenvalue weighted by Crippen LogP contribution is 2.17. The Balaban J connectivity index is 2.95. The normalized spacial score (nSPS) is 34.7. The zero-order valence-corrected chi connectivity index (χ0v) is 8.67. The lowest BCUT2D eigenvalue weighted by atomic mass is 10.0. The minimum Gasteiger partial charge on any atom is -0.259 e. The Labute approximate surface area is 80.6 Å². The smallest absolute Gasteiger partial charge is 0.0375 e. The largest absolute Gasteiger partial charge is 0.259 e.